The molecule has 0 atom stereocenters. The molecular formula is C21H34IN5O. The standard InChI is InChI=1S/C21H33N5O.HI/c1-4-22-20(24-16-21(9-6-10-21)11-14-27-3)23-12-8-18-15-26-13-5-7-17(2)19(26)25-18;/h5,7,13,15H,4,6,8-12,14,16H2,1-3H3,(H2,22,23,24);1H. The quantitative estimate of drug-likeness (QED) is 0.315. The second-order valence-corrected chi connectivity index (χ2v) is 7.62. The van der Waals surface area contributed by atoms with Crippen LogP contribution in [0.2, 0.25) is 0 Å². The van der Waals surface area contributed by atoms with Crippen LogP contribution in [0.4, 0.5) is 0 Å². The number of guanidine groups is 1. The van der Waals surface area contributed by atoms with Crippen LogP contribution in [0.3, 0.4) is 0 Å². The maximum atomic E-state index is 5.29. The molecule has 156 valence electrons. The van der Waals surface area contributed by atoms with Crippen LogP contribution in [0, 0.1) is 12.3 Å². The monoisotopic (exact) mass is 499 g/mol. The van der Waals surface area contributed by atoms with Gasteiger partial charge in [-0.2, -0.15) is 0 Å². The molecule has 1 fully saturated rings. The van der Waals surface area contributed by atoms with Gasteiger partial charge in [-0.15, -0.1) is 24.0 Å². The number of aromatic nitrogens is 2. The Kier molecular flexibility index (Phi) is 9.01. The van der Waals surface area contributed by atoms with Gasteiger partial charge in [-0.3, -0.25) is 4.99 Å². The summed E-state index contributed by atoms with van der Waals surface area (Å²) in [6.07, 6.45) is 9.99. The Morgan fingerprint density at radius 3 is 2.82 bits per heavy atom. The predicted octanol–water partition coefficient (Wildman–Crippen LogP) is 3.57. The van der Waals surface area contributed by atoms with Gasteiger partial charge in [0, 0.05) is 52.2 Å². The molecule has 0 aliphatic heterocycles. The van der Waals surface area contributed by atoms with E-state index in [1.54, 1.807) is 7.11 Å². The van der Waals surface area contributed by atoms with E-state index in [1.165, 1.54) is 24.8 Å². The van der Waals surface area contributed by atoms with Crippen molar-refractivity contribution in [1.29, 1.82) is 0 Å². The van der Waals surface area contributed by atoms with Crippen molar-refractivity contribution < 1.29 is 4.74 Å². The van der Waals surface area contributed by atoms with E-state index in [1.807, 2.05) is 0 Å². The van der Waals surface area contributed by atoms with Crippen molar-refractivity contribution in [2.45, 2.75) is 46.0 Å². The van der Waals surface area contributed by atoms with Crippen LogP contribution in [-0.2, 0) is 11.2 Å². The number of aryl methyl sites for hydroxylation is 1. The molecule has 1 saturated carbocycles. The zero-order valence-corrected chi connectivity index (χ0v) is 19.7. The molecule has 28 heavy (non-hydrogen) atoms. The van der Waals surface area contributed by atoms with Crippen LogP contribution in [0.1, 0.15) is 43.9 Å². The Labute approximate surface area is 185 Å². The van der Waals surface area contributed by atoms with Crippen molar-refractivity contribution in [3.63, 3.8) is 0 Å². The molecule has 2 N–H and O–H groups in total. The third-order valence-corrected chi connectivity index (χ3v) is 5.57. The number of nitrogens with one attached hydrogen (secondary N) is 2. The van der Waals surface area contributed by atoms with Crippen molar-refractivity contribution in [2.75, 3.05) is 33.4 Å². The van der Waals surface area contributed by atoms with E-state index >= 15 is 0 Å². The normalized spacial score (nSPS) is 15.8. The number of methoxy groups -OCH3 is 1. The molecule has 2 aromatic heterocycles. The molecule has 7 heteroatoms. The van der Waals surface area contributed by atoms with Crippen LogP contribution in [0.5, 0.6) is 0 Å². The summed E-state index contributed by atoms with van der Waals surface area (Å²) in [6.45, 7) is 7.59. The number of rotatable bonds is 9. The van der Waals surface area contributed by atoms with E-state index in [-0.39, 0.29) is 24.0 Å². The minimum atomic E-state index is 0. The molecule has 0 unspecified atom stereocenters. The molecule has 2 aromatic rings. The fraction of sp³-hybridized carbons (Fsp3) is 0.619. The maximum Gasteiger partial charge on any atom is 0.191 e. The molecule has 0 radical (unpaired) electrons. The summed E-state index contributed by atoms with van der Waals surface area (Å²) in [5, 5.41) is 6.83. The second kappa shape index (κ2) is 11.0. The van der Waals surface area contributed by atoms with E-state index in [4.69, 9.17) is 14.7 Å². The number of pyridine rings is 1. The average Bonchev–Trinajstić information content (AvgIpc) is 3.05. The number of fused-ring (bicyclic) bond motifs is 1. The first kappa shape index (κ1) is 22.9. The average molecular weight is 499 g/mol. The van der Waals surface area contributed by atoms with Gasteiger partial charge in [0.1, 0.15) is 5.65 Å². The zero-order valence-electron chi connectivity index (χ0n) is 17.3. The first-order valence-electron chi connectivity index (χ1n) is 10.1. The molecule has 0 spiro atoms. The first-order valence-corrected chi connectivity index (χ1v) is 10.1. The SMILES string of the molecule is CCNC(=NCC1(CCOC)CCC1)NCCc1cn2cccc(C)c2n1.I. The van der Waals surface area contributed by atoms with Gasteiger partial charge in [0.25, 0.3) is 0 Å². The lowest BCUT2D eigenvalue weighted by molar-refractivity contribution is 0.0778. The van der Waals surface area contributed by atoms with Crippen LogP contribution in [0.15, 0.2) is 29.5 Å². The van der Waals surface area contributed by atoms with Crippen molar-refractivity contribution >= 4 is 35.6 Å². The van der Waals surface area contributed by atoms with Crippen LogP contribution in [-0.4, -0.2) is 48.7 Å². The van der Waals surface area contributed by atoms with Gasteiger partial charge in [-0.1, -0.05) is 12.5 Å². The Morgan fingerprint density at radius 2 is 2.18 bits per heavy atom. The van der Waals surface area contributed by atoms with Crippen molar-refractivity contribution in [3.8, 4) is 0 Å². The van der Waals surface area contributed by atoms with Crippen LogP contribution in [0.25, 0.3) is 5.65 Å². The lowest BCUT2D eigenvalue weighted by Gasteiger charge is -2.40. The smallest absolute Gasteiger partial charge is 0.191 e. The van der Waals surface area contributed by atoms with E-state index in [2.05, 4.69) is 53.4 Å². The molecular weight excluding hydrogens is 465 g/mol. The Morgan fingerprint density at radius 1 is 1.36 bits per heavy atom. The van der Waals surface area contributed by atoms with Crippen molar-refractivity contribution in [1.82, 2.24) is 20.0 Å². The lowest BCUT2D eigenvalue weighted by atomic mass is 9.67. The fourth-order valence-corrected chi connectivity index (χ4v) is 3.70. The van der Waals surface area contributed by atoms with E-state index in [0.29, 0.717) is 5.41 Å². The van der Waals surface area contributed by atoms with Gasteiger partial charge in [0.05, 0.1) is 5.69 Å². The highest BCUT2D eigenvalue weighted by molar-refractivity contribution is 14.0. The predicted molar refractivity (Wildman–Crippen MR) is 126 cm³/mol. The first-order chi connectivity index (χ1) is 13.2. The molecule has 0 amide bonds. The Balaban J connectivity index is 0.00000280. The highest BCUT2D eigenvalue weighted by Crippen LogP contribution is 2.44. The third kappa shape index (κ3) is 5.83. The number of ether oxygens (including phenoxy) is 1. The number of aliphatic imine (C=N–C) groups is 1. The topological polar surface area (TPSA) is 63.0 Å². The number of nitrogens with zero attached hydrogens (tertiary/aromatic N) is 3. The van der Waals surface area contributed by atoms with E-state index < -0.39 is 0 Å². The summed E-state index contributed by atoms with van der Waals surface area (Å²) >= 11 is 0. The molecule has 1 aliphatic carbocycles. The summed E-state index contributed by atoms with van der Waals surface area (Å²) in [5.74, 6) is 0.904. The fourth-order valence-electron chi connectivity index (χ4n) is 3.70. The Hall–Kier alpha value is -1.35. The van der Waals surface area contributed by atoms with Gasteiger partial charge in [0.2, 0.25) is 0 Å². The second-order valence-electron chi connectivity index (χ2n) is 7.62. The van der Waals surface area contributed by atoms with E-state index in [0.717, 1.165) is 56.4 Å². The summed E-state index contributed by atoms with van der Waals surface area (Å²) in [4.78, 5) is 9.61. The number of hydrogen-bond donors (Lipinski definition) is 2. The molecule has 0 saturated heterocycles. The summed E-state index contributed by atoms with van der Waals surface area (Å²) in [7, 11) is 1.78. The largest absolute Gasteiger partial charge is 0.385 e. The molecule has 6 nitrogen and oxygen atoms in total. The molecule has 0 aromatic carbocycles. The van der Waals surface area contributed by atoms with Gasteiger partial charge >= 0.3 is 0 Å². The van der Waals surface area contributed by atoms with Gasteiger partial charge in [-0.05, 0) is 50.2 Å². The zero-order chi connectivity index (χ0) is 19.1. The van der Waals surface area contributed by atoms with E-state index in [9.17, 15) is 0 Å². The summed E-state index contributed by atoms with van der Waals surface area (Å²) < 4.78 is 7.38. The van der Waals surface area contributed by atoms with Gasteiger partial charge in [-0.25, -0.2) is 4.98 Å². The molecule has 1 aliphatic rings. The lowest BCUT2D eigenvalue weighted by Crippen LogP contribution is -2.41. The molecule has 0 bridgehead atoms. The van der Waals surface area contributed by atoms with Crippen molar-refractivity contribution in [3.05, 3.63) is 35.8 Å². The number of halogens is 1. The summed E-state index contributed by atoms with van der Waals surface area (Å²) in [6, 6.07) is 4.15. The highest BCUT2D eigenvalue weighted by Gasteiger charge is 2.36. The minimum Gasteiger partial charge on any atom is -0.385 e. The van der Waals surface area contributed by atoms with Crippen LogP contribution >= 0.6 is 24.0 Å². The third-order valence-electron chi connectivity index (χ3n) is 5.57. The Bertz CT molecular complexity index is 769. The summed E-state index contributed by atoms with van der Waals surface area (Å²) in [5.41, 5.74) is 3.69. The number of hydrogen-bond acceptors (Lipinski definition) is 3. The van der Waals surface area contributed by atoms with Crippen LogP contribution < -0.4 is 10.6 Å². The number of imidazole rings is 1. The van der Waals surface area contributed by atoms with Gasteiger partial charge in [0.15, 0.2) is 5.96 Å². The minimum absolute atomic E-state index is 0. The molecule has 3 rings (SSSR count). The van der Waals surface area contributed by atoms with Gasteiger partial charge < -0.3 is 19.8 Å². The van der Waals surface area contributed by atoms with Crippen molar-refractivity contribution in [2.24, 2.45) is 10.4 Å². The highest BCUT2D eigenvalue weighted by atomic mass is 127. The maximum absolute atomic E-state index is 5.29. The molecule has 2 heterocycles.